The quantitative estimate of drug-likeness (QED) is 0.767. The van der Waals surface area contributed by atoms with E-state index < -0.39 is 0 Å². The minimum absolute atomic E-state index is 0.0295. The zero-order valence-electron chi connectivity index (χ0n) is 9.96. The van der Waals surface area contributed by atoms with Crippen molar-refractivity contribution in [1.82, 2.24) is 4.90 Å². The van der Waals surface area contributed by atoms with E-state index in [1.165, 1.54) is 0 Å². The van der Waals surface area contributed by atoms with Gasteiger partial charge in [0.05, 0.1) is 10.6 Å². The molecule has 1 aromatic rings. The molecule has 1 fully saturated rings. The Labute approximate surface area is 115 Å². The standard InChI is InChI=1S/C13H15BrClNO/c1-13(2)6-7-16(8-13)12(17)9-4-3-5-10(14)11(9)15/h3-5H,6-8H2,1-2H3. The Kier molecular flexibility index (Phi) is 3.50. The second kappa shape index (κ2) is 4.62. The molecule has 2 nitrogen and oxygen atoms in total. The molecule has 0 spiro atoms. The van der Waals surface area contributed by atoms with Crippen LogP contribution in [0.15, 0.2) is 22.7 Å². The van der Waals surface area contributed by atoms with Crippen LogP contribution >= 0.6 is 27.5 Å². The van der Waals surface area contributed by atoms with Crippen molar-refractivity contribution in [1.29, 1.82) is 0 Å². The van der Waals surface area contributed by atoms with Crippen LogP contribution in [0.2, 0.25) is 5.02 Å². The highest BCUT2D eigenvalue weighted by Crippen LogP contribution is 2.32. The lowest BCUT2D eigenvalue weighted by molar-refractivity contribution is 0.0778. The fourth-order valence-corrected chi connectivity index (χ4v) is 2.70. The van der Waals surface area contributed by atoms with Crippen LogP contribution in [0.4, 0.5) is 0 Å². The number of benzene rings is 1. The van der Waals surface area contributed by atoms with Crippen LogP contribution in [0, 0.1) is 5.41 Å². The molecule has 1 saturated heterocycles. The van der Waals surface area contributed by atoms with Gasteiger partial charge >= 0.3 is 0 Å². The van der Waals surface area contributed by atoms with Gasteiger partial charge in [0, 0.05) is 17.6 Å². The lowest BCUT2D eigenvalue weighted by atomic mass is 9.93. The number of likely N-dealkylation sites (tertiary alicyclic amines) is 1. The lowest BCUT2D eigenvalue weighted by Gasteiger charge is -2.20. The van der Waals surface area contributed by atoms with Gasteiger partial charge in [-0.25, -0.2) is 0 Å². The third kappa shape index (κ3) is 2.66. The van der Waals surface area contributed by atoms with Crippen LogP contribution in [0.25, 0.3) is 0 Å². The van der Waals surface area contributed by atoms with Crippen molar-refractivity contribution in [2.75, 3.05) is 13.1 Å². The van der Waals surface area contributed by atoms with Crippen molar-refractivity contribution >= 4 is 33.4 Å². The van der Waals surface area contributed by atoms with Crippen LogP contribution in [0.3, 0.4) is 0 Å². The van der Waals surface area contributed by atoms with E-state index in [9.17, 15) is 4.79 Å². The molecule has 0 aliphatic carbocycles. The van der Waals surface area contributed by atoms with E-state index >= 15 is 0 Å². The second-order valence-electron chi connectivity index (χ2n) is 5.24. The molecule has 1 aliphatic heterocycles. The number of rotatable bonds is 1. The van der Waals surface area contributed by atoms with Crippen LogP contribution in [-0.2, 0) is 0 Å². The summed E-state index contributed by atoms with van der Waals surface area (Å²) in [4.78, 5) is 14.2. The van der Waals surface area contributed by atoms with Gasteiger partial charge in [-0.3, -0.25) is 4.79 Å². The predicted octanol–water partition coefficient (Wildman–Crippen LogP) is 3.97. The molecule has 1 heterocycles. The van der Waals surface area contributed by atoms with E-state index in [-0.39, 0.29) is 11.3 Å². The van der Waals surface area contributed by atoms with Gasteiger partial charge in [-0.15, -0.1) is 0 Å². The first-order valence-electron chi connectivity index (χ1n) is 5.64. The van der Waals surface area contributed by atoms with Gasteiger partial charge in [-0.05, 0) is 39.9 Å². The minimum atomic E-state index is 0.0295. The summed E-state index contributed by atoms with van der Waals surface area (Å²) in [6.45, 7) is 5.98. The van der Waals surface area contributed by atoms with E-state index in [2.05, 4.69) is 29.8 Å². The monoisotopic (exact) mass is 315 g/mol. The molecular weight excluding hydrogens is 302 g/mol. The normalized spacial score (nSPS) is 18.5. The number of halogens is 2. The first kappa shape index (κ1) is 12.9. The fourth-order valence-electron chi connectivity index (χ4n) is 2.13. The van der Waals surface area contributed by atoms with Crippen LogP contribution in [0.5, 0.6) is 0 Å². The molecule has 17 heavy (non-hydrogen) atoms. The van der Waals surface area contributed by atoms with Crippen LogP contribution in [0.1, 0.15) is 30.6 Å². The van der Waals surface area contributed by atoms with Gasteiger partial charge in [0.15, 0.2) is 0 Å². The van der Waals surface area contributed by atoms with Crippen molar-refractivity contribution < 1.29 is 4.79 Å². The number of nitrogens with zero attached hydrogens (tertiary/aromatic N) is 1. The van der Waals surface area contributed by atoms with Gasteiger partial charge in [0.25, 0.3) is 5.91 Å². The molecule has 0 unspecified atom stereocenters. The van der Waals surface area contributed by atoms with Gasteiger partial charge in [-0.1, -0.05) is 31.5 Å². The number of hydrogen-bond donors (Lipinski definition) is 0. The molecule has 0 radical (unpaired) electrons. The molecule has 0 atom stereocenters. The zero-order valence-corrected chi connectivity index (χ0v) is 12.3. The summed E-state index contributed by atoms with van der Waals surface area (Å²) in [6, 6.07) is 5.46. The largest absolute Gasteiger partial charge is 0.338 e. The molecule has 0 aromatic heterocycles. The smallest absolute Gasteiger partial charge is 0.255 e. The maximum atomic E-state index is 12.3. The number of carbonyl (C=O) groups is 1. The van der Waals surface area contributed by atoms with E-state index in [4.69, 9.17) is 11.6 Å². The Balaban J connectivity index is 2.24. The molecule has 1 amide bonds. The maximum Gasteiger partial charge on any atom is 0.255 e. The second-order valence-corrected chi connectivity index (χ2v) is 6.47. The van der Waals surface area contributed by atoms with Gasteiger partial charge < -0.3 is 4.90 Å². The lowest BCUT2D eigenvalue weighted by Crippen LogP contribution is -2.30. The third-order valence-corrected chi connectivity index (χ3v) is 4.44. The average Bonchev–Trinajstić information content (AvgIpc) is 2.62. The number of hydrogen-bond acceptors (Lipinski definition) is 1. The van der Waals surface area contributed by atoms with E-state index in [0.717, 1.165) is 24.0 Å². The van der Waals surface area contributed by atoms with E-state index in [0.29, 0.717) is 10.6 Å². The summed E-state index contributed by atoms with van der Waals surface area (Å²) < 4.78 is 0.767. The topological polar surface area (TPSA) is 20.3 Å². The molecule has 2 rings (SSSR count). The Hall–Kier alpha value is -0.540. The first-order valence-corrected chi connectivity index (χ1v) is 6.81. The summed E-state index contributed by atoms with van der Waals surface area (Å²) in [5, 5.41) is 0.502. The predicted molar refractivity (Wildman–Crippen MR) is 73.5 cm³/mol. The Bertz CT molecular complexity index is 459. The number of carbonyl (C=O) groups excluding carboxylic acids is 1. The molecule has 0 N–H and O–H groups in total. The van der Waals surface area contributed by atoms with Gasteiger partial charge in [-0.2, -0.15) is 0 Å². The Morgan fingerprint density at radius 2 is 2.18 bits per heavy atom. The highest BCUT2D eigenvalue weighted by atomic mass is 79.9. The number of amides is 1. The summed E-state index contributed by atoms with van der Waals surface area (Å²) in [7, 11) is 0. The zero-order chi connectivity index (χ0) is 12.6. The van der Waals surface area contributed by atoms with Crippen molar-refractivity contribution in [3.05, 3.63) is 33.3 Å². The first-order chi connectivity index (χ1) is 7.91. The van der Waals surface area contributed by atoms with Gasteiger partial charge in [0.2, 0.25) is 0 Å². The SMILES string of the molecule is CC1(C)CCN(C(=O)c2cccc(Br)c2Cl)C1. The van der Waals surface area contributed by atoms with Gasteiger partial charge in [0.1, 0.15) is 0 Å². The van der Waals surface area contributed by atoms with E-state index in [1.54, 1.807) is 6.07 Å². The average molecular weight is 317 g/mol. The summed E-state index contributed by atoms with van der Waals surface area (Å²) in [5.41, 5.74) is 0.799. The van der Waals surface area contributed by atoms with Crippen LogP contribution in [-0.4, -0.2) is 23.9 Å². The molecule has 0 saturated carbocycles. The molecule has 1 aromatic carbocycles. The summed E-state index contributed by atoms with van der Waals surface area (Å²) in [5.74, 6) is 0.0295. The van der Waals surface area contributed by atoms with Crippen molar-refractivity contribution in [2.45, 2.75) is 20.3 Å². The Morgan fingerprint density at radius 1 is 1.47 bits per heavy atom. The molecule has 92 valence electrons. The van der Waals surface area contributed by atoms with E-state index in [1.807, 2.05) is 17.0 Å². The molecule has 4 heteroatoms. The van der Waals surface area contributed by atoms with Crippen molar-refractivity contribution in [3.8, 4) is 0 Å². The van der Waals surface area contributed by atoms with Crippen molar-refractivity contribution in [2.24, 2.45) is 5.41 Å². The molecule has 1 aliphatic rings. The third-order valence-electron chi connectivity index (χ3n) is 3.15. The molecular formula is C13H15BrClNO. The van der Waals surface area contributed by atoms with Crippen LogP contribution < -0.4 is 0 Å². The minimum Gasteiger partial charge on any atom is -0.338 e. The highest BCUT2D eigenvalue weighted by molar-refractivity contribution is 9.10. The summed E-state index contributed by atoms with van der Waals surface area (Å²) >= 11 is 9.49. The fraction of sp³-hybridized carbons (Fsp3) is 0.462. The highest BCUT2D eigenvalue weighted by Gasteiger charge is 2.33. The maximum absolute atomic E-state index is 12.3. The summed E-state index contributed by atoms with van der Waals surface area (Å²) in [6.07, 6.45) is 1.05. The van der Waals surface area contributed by atoms with Crippen molar-refractivity contribution in [3.63, 3.8) is 0 Å². The molecule has 0 bridgehead atoms. The Morgan fingerprint density at radius 3 is 2.76 bits per heavy atom.